The Balaban J connectivity index is 1.70. The van der Waals surface area contributed by atoms with Gasteiger partial charge in [0.05, 0.1) is 5.02 Å². The molecular weight excluding hydrogens is 268 g/mol. The fourth-order valence-electron chi connectivity index (χ4n) is 5.79. The van der Waals surface area contributed by atoms with E-state index in [0.717, 1.165) is 28.4 Å². The molecule has 0 atom stereocenters. The number of fused-ring (bicyclic) bond motifs is 1. The molecular formula is C17H19ClN2. The highest BCUT2D eigenvalue weighted by Gasteiger charge is 2.52. The molecule has 4 aliphatic carbocycles. The van der Waals surface area contributed by atoms with Gasteiger partial charge in [-0.15, -0.1) is 0 Å². The zero-order valence-corrected chi connectivity index (χ0v) is 12.3. The first kappa shape index (κ1) is 11.6. The average molecular weight is 287 g/mol. The molecule has 3 heteroatoms. The molecule has 4 bridgehead atoms. The summed E-state index contributed by atoms with van der Waals surface area (Å²) in [6.45, 7) is 0. The third kappa shape index (κ3) is 1.43. The van der Waals surface area contributed by atoms with E-state index in [1.165, 1.54) is 44.2 Å². The summed E-state index contributed by atoms with van der Waals surface area (Å²) in [6.07, 6.45) is 12.8. The molecule has 2 heterocycles. The highest BCUT2D eigenvalue weighted by Crippen LogP contribution is 2.60. The van der Waals surface area contributed by atoms with Crippen molar-refractivity contribution in [2.24, 2.45) is 17.8 Å². The van der Waals surface area contributed by atoms with Crippen molar-refractivity contribution in [2.45, 2.75) is 43.9 Å². The van der Waals surface area contributed by atoms with Gasteiger partial charge in [-0.05, 0) is 68.4 Å². The molecule has 4 saturated carbocycles. The molecule has 2 aromatic rings. The molecule has 0 saturated heterocycles. The van der Waals surface area contributed by atoms with E-state index in [9.17, 15) is 0 Å². The van der Waals surface area contributed by atoms with Crippen LogP contribution in [0, 0.1) is 17.8 Å². The molecule has 4 aliphatic rings. The van der Waals surface area contributed by atoms with Crippen molar-refractivity contribution in [3.63, 3.8) is 0 Å². The summed E-state index contributed by atoms with van der Waals surface area (Å²) < 4.78 is 2.26. The van der Waals surface area contributed by atoms with Crippen LogP contribution < -0.4 is 0 Å². The van der Waals surface area contributed by atoms with Crippen molar-refractivity contribution >= 4 is 17.2 Å². The van der Waals surface area contributed by atoms with Gasteiger partial charge >= 0.3 is 0 Å². The minimum Gasteiger partial charge on any atom is -0.302 e. The van der Waals surface area contributed by atoms with Crippen molar-refractivity contribution in [2.75, 3.05) is 0 Å². The smallest absolute Gasteiger partial charge is 0.155 e. The summed E-state index contributed by atoms with van der Waals surface area (Å²) in [6, 6.07) is 3.98. The van der Waals surface area contributed by atoms with E-state index in [2.05, 4.69) is 21.8 Å². The number of pyridine rings is 1. The number of imidazole rings is 1. The van der Waals surface area contributed by atoms with Gasteiger partial charge in [-0.1, -0.05) is 11.6 Å². The standard InChI is InChI=1S/C17H19ClN2/c18-14-2-1-3-20-15(10-19-16(14)20)17-7-11-4-12(8-17)6-13(5-11)9-17/h1-3,10-13H,4-9H2. The molecule has 2 nitrogen and oxygen atoms in total. The summed E-state index contributed by atoms with van der Waals surface area (Å²) in [4.78, 5) is 4.61. The summed E-state index contributed by atoms with van der Waals surface area (Å²) in [5.41, 5.74) is 2.74. The SMILES string of the molecule is Clc1cccn2c(C34CC5CC(CC(C5)C3)C4)cnc12. The summed E-state index contributed by atoms with van der Waals surface area (Å²) >= 11 is 6.29. The van der Waals surface area contributed by atoms with Crippen molar-refractivity contribution in [3.8, 4) is 0 Å². The molecule has 2 aromatic heterocycles. The predicted octanol–water partition coefficient (Wildman–Crippen LogP) is 4.46. The molecule has 0 spiro atoms. The Morgan fingerprint density at radius 3 is 2.40 bits per heavy atom. The first-order valence-corrected chi connectivity index (χ1v) is 8.23. The molecule has 0 radical (unpaired) electrons. The molecule has 0 N–H and O–H groups in total. The lowest BCUT2D eigenvalue weighted by Gasteiger charge is -2.56. The maximum absolute atomic E-state index is 6.29. The topological polar surface area (TPSA) is 17.3 Å². The van der Waals surface area contributed by atoms with Crippen LogP contribution in [-0.2, 0) is 5.41 Å². The largest absolute Gasteiger partial charge is 0.302 e. The fraction of sp³-hybridized carbons (Fsp3) is 0.588. The lowest BCUT2D eigenvalue weighted by atomic mass is 9.49. The lowest BCUT2D eigenvalue weighted by molar-refractivity contribution is -0.00757. The van der Waals surface area contributed by atoms with Gasteiger partial charge in [0.15, 0.2) is 5.65 Å². The van der Waals surface area contributed by atoms with Crippen molar-refractivity contribution in [3.05, 3.63) is 35.2 Å². The summed E-state index contributed by atoms with van der Waals surface area (Å²) in [7, 11) is 0. The normalized spacial score (nSPS) is 38.8. The lowest BCUT2D eigenvalue weighted by Crippen LogP contribution is -2.49. The Morgan fingerprint density at radius 2 is 1.75 bits per heavy atom. The molecule has 6 rings (SSSR count). The van der Waals surface area contributed by atoms with E-state index < -0.39 is 0 Å². The van der Waals surface area contributed by atoms with Gasteiger partial charge in [0.25, 0.3) is 0 Å². The second-order valence-corrected chi connectivity index (χ2v) is 7.80. The molecule has 4 fully saturated rings. The number of nitrogens with zero attached hydrogens (tertiary/aromatic N) is 2. The Morgan fingerprint density at radius 1 is 1.10 bits per heavy atom. The molecule has 0 unspecified atom stereocenters. The van der Waals surface area contributed by atoms with E-state index in [1.807, 2.05) is 12.1 Å². The van der Waals surface area contributed by atoms with Gasteiger partial charge in [-0.3, -0.25) is 0 Å². The van der Waals surface area contributed by atoms with Crippen LogP contribution in [0.25, 0.3) is 5.65 Å². The van der Waals surface area contributed by atoms with E-state index in [-0.39, 0.29) is 0 Å². The van der Waals surface area contributed by atoms with Crippen LogP contribution in [0.4, 0.5) is 0 Å². The summed E-state index contributed by atoms with van der Waals surface area (Å²) in [5.74, 6) is 2.89. The maximum Gasteiger partial charge on any atom is 0.155 e. The fourth-order valence-corrected chi connectivity index (χ4v) is 6.01. The van der Waals surface area contributed by atoms with Crippen LogP contribution in [0.5, 0.6) is 0 Å². The molecule has 104 valence electrons. The van der Waals surface area contributed by atoms with Gasteiger partial charge < -0.3 is 4.40 Å². The van der Waals surface area contributed by atoms with E-state index in [1.54, 1.807) is 0 Å². The Bertz CT molecular complexity index is 652. The Kier molecular flexibility index (Phi) is 2.20. The van der Waals surface area contributed by atoms with Crippen molar-refractivity contribution in [1.82, 2.24) is 9.38 Å². The third-order valence-corrected chi connectivity index (χ3v) is 6.36. The zero-order chi connectivity index (χ0) is 13.3. The van der Waals surface area contributed by atoms with Gasteiger partial charge in [0.1, 0.15) is 0 Å². The van der Waals surface area contributed by atoms with E-state index >= 15 is 0 Å². The van der Waals surface area contributed by atoms with Gasteiger partial charge in [0, 0.05) is 23.5 Å². The van der Waals surface area contributed by atoms with E-state index in [0.29, 0.717) is 5.41 Å². The van der Waals surface area contributed by atoms with Crippen LogP contribution in [-0.4, -0.2) is 9.38 Å². The molecule has 0 aromatic carbocycles. The quantitative estimate of drug-likeness (QED) is 0.757. The van der Waals surface area contributed by atoms with Crippen molar-refractivity contribution < 1.29 is 0 Å². The van der Waals surface area contributed by atoms with Crippen LogP contribution >= 0.6 is 11.6 Å². The maximum atomic E-state index is 6.29. The van der Waals surface area contributed by atoms with E-state index in [4.69, 9.17) is 11.6 Å². The second kappa shape index (κ2) is 3.79. The monoisotopic (exact) mass is 286 g/mol. The van der Waals surface area contributed by atoms with Crippen LogP contribution in [0.2, 0.25) is 5.02 Å². The van der Waals surface area contributed by atoms with Crippen LogP contribution in [0.1, 0.15) is 44.2 Å². The molecule has 20 heavy (non-hydrogen) atoms. The first-order chi connectivity index (χ1) is 9.73. The number of rotatable bonds is 1. The number of halogens is 1. The minimum atomic E-state index is 0.388. The molecule has 0 aliphatic heterocycles. The first-order valence-electron chi connectivity index (χ1n) is 7.86. The van der Waals surface area contributed by atoms with Gasteiger partial charge in [-0.25, -0.2) is 4.98 Å². The Hall–Kier alpha value is -1.02. The second-order valence-electron chi connectivity index (χ2n) is 7.39. The highest BCUT2D eigenvalue weighted by atomic mass is 35.5. The number of hydrogen-bond acceptors (Lipinski definition) is 1. The number of aromatic nitrogens is 2. The third-order valence-electron chi connectivity index (χ3n) is 6.07. The minimum absolute atomic E-state index is 0.388. The molecule has 0 amide bonds. The zero-order valence-electron chi connectivity index (χ0n) is 11.6. The predicted molar refractivity (Wildman–Crippen MR) is 80.1 cm³/mol. The van der Waals surface area contributed by atoms with Gasteiger partial charge in [0.2, 0.25) is 0 Å². The highest BCUT2D eigenvalue weighted by molar-refractivity contribution is 6.33. The van der Waals surface area contributed by atoms with Crippen LogP contribution in [0.15, 0.2) is 24.5 Å². The van der Waals surface area contributed by atoms with Crippen LogP contribution in [0.3, 0.4) is 0 Å². The Labute approximate surface area is 124 Å². The van der Waals surface area contributed by atoms with Gasteiger partial charge in [-0.2, -0.15) is 0 Å². The number of hydrogen-bond donors (Lipinski definition) is 0. The summed E-state index contributed by atoms with van der Waals surface area (Å²) in [5, 5.41) is 0.767. The average Bonchev–Trinajstić information content (AvgIpc) is 2.83. The van der Waals surface area contributed by atoms with Crippen molar-refractivity contribution in [1.29, 1.82) is 0 Å².